The Morgan fingerprint density at radius 2 is 2.50 bits per heavy atom. The second-order valence-corrected chi connectivity index (χ2v) is 3.31. The standard InChI is InChI=1S/C7H9BOS/c8-7(9)4-3-6-2-1-5-10-6/h1-2,5H,3-4,8H2. The van der Waals surface area contributed by atoms with Gasteiger partial charge >= 0.3 is 0 Å². The molecule has 0 aliphatic rings. The third kappa shape index (κ3) is 2.35. The molecule has 0 saturated carbocycles. The van der Waals surface area contributed by atoms with Crippen molar-refractivity contribution in [2.24, 2.45) is 0 Å². The molecule has 1 aromatic heterocycles. The Morgan fingerprint density at radius 1 is 1.70 bits per heavy atom. The van der Waals surface area contributed by atoms with Gasteiger partial charge < -0.3 is 4.79 Å². The third-order valence-electron chi connectivity index (χ3n) is 1.30. The summed E-state index contributed by atoms with van der Waals surface area (Å²) in [4.78, 5) is 11.8. The summed E-state index contributed by atoms with van der Waals surface area (Å²) in [6.07, 6.45) is 1.59. The lowest BCUT2D eigenvalue weighted by Crippen LogP contribution is -1.96. The average molecular weight is 152 g/mol. The van der Waals surface area contributed by atoms with Crippen LogP contribution in [0.3, 0.4) is 0 Å². The predicted molar refractivity (Wildman–Crippen MR) is 46.2 cm³/mol. The van der Waals surface area contributed by atoms with Crippen molar-refractivity contribution in [3.63, 3.8) is 0 Å². The fraction of sp³-hybridized carbons (Fsp3) is 0.286. The lowest BCUT2D eigenvalue weighted by atomic mass is 9.98. The molecular formula is C7H9BOS. The maximum absolute atomic E-state index is 10.5. The number of hydrogen-bond acceptors (Lipinski definition) is 2. The summed E-state index contributed by atoms with van der Waals surface area (Å²) in [5, 5.41) is 2.04. The molecule has 0 bridgehead atoms. The minimum absolute atomic E-state index is 0.272. The maximum Gasteiger partial charge on any atom is 0.187 e. The van der Waals surface area contributed by atoms with Gasteiger partial charge in [0.15, 0.2) is 7.85 Å². The fourth-order valence-electron chi connectivity index (χ4n) is 0.754. The lowest BCUT2D eigenvalue weighted by molar-refractivity contribution is -0.111. The van der Waals surface area contributed by atoms with Crippen LogP contribution in [0.2, 0.25) is 0 Å². The van der Waals surface area contributed by atoms with E-state index < -0.39 is 0 Å². The van der Waals surface area contributed by atoms with Gasteiger partial charge in [-0.05, 0) is 17.9 Å². The molecule has 0 N–H and O–H groups in total. The summed E-state index contributed by atoms with van der Waals surface area (Å²) in [6.45, 7) is 0. The highest BCUT2D eigenvalue weighted by Gasteiger charge is 1.95. The van der Waals surface area contributed by atoms with Crippen LogP contribution >= 0.6 is 11.3 Å². The van der Waals surface area contributed by atoms with E-state index in [-0.39, 0.29) is 5.68 Å². The molecular weight excluding hydrogens is 143 g/mol. The van der Waals surface area contributed by atoms with Crippen LogP contribution < -0.4 is 0 Å². The molecule has 0 atom stereocenters. The second kappa shape index (κ2) is 3.57. The van der Waals surface area contributed by atoms with Gasteiger partial charge in [-0.15, -0.1) is 11.3 Å². The van der Waals surface area contributed by atoms with Crippen molar-refractivity contribution in [1.82, 2.24) is 0 Å². The Balaban J connectivity index is 2.35. The first-order chi connectivity index (χ1) is 4.79. The van der Waals surface area contributed by atoms with Gasteiger partial charge in [-0.2, -0.15) is 0 Å². The Labute approximate surface area is 65.5 Å². The van der Waals surface area contributed by atoms with Gasteiger partial charge in [0, 0.05) is 11.3 Å². The first-order valence-corrected chi connectivity index (χ1v) is 4.19. The normalized spacial score (nSPS) is 9.60. The molecule has 3 heteroatoms. The number of carbonyl (C=O) groups excluding carboxylic acids is 1. The molecule has 1 rings (SSSR count). The molecule has 1 nitrogen and oxygen atoms in total. The first kappa shape index (κ1) is 7.54. The van der Waals surface area contributed by atoms with Gasteiger partial charge in [0.1, 0.15) is 0 Å². The highest BCUT2D eigenvalue weighted by molar-refractivity contribution is 7.09. The van der Waals surface area contributed by atoms with E-state index >= 15 is 0 Å². The van der Waals surface area contributed by atoms with E-state index in [9.17, 15) is 4.79 Å². The zero-order valence-corrected chi connectivity index (χ0v) is 6.78. The van der Waals surface area contributed by atoms with Gasteiger partial charge in [-0.1, -0.05) is 6.07 Å². The molecule has 0 saturated heterocycles. The molecule has 1 aromatic rings. The smallest absolute Gasteiger partial charge is 0.187 e. The lowest BCUT2D eigenvalue weighted by Gasteiger charge is -1.90. The van der Waals surface area contributed by atoms with Gasteiger partial charge in [-0.25, -0.2) is 0 Å². The Hall–Kier alpha value is -0.565. The van der Waals surface area contributed by atoms with Crippen LogP contribution in [0.15, 0.2) is 17.5 Å². The summed E-state index contributed by atoms with van der Waals surface area (Å²) < 4.78 is 0. The van der Waals surface area contributed by atoms with E-state index in [1.165, 1.54) is 4.88 Å². The van der Waals surface area contributed by atoms with Crippen LogP contribution in [-0.2, 0) is 11.2 Å². The minimum atomic E-state index is 0.272. The van der Waals surface area contributed by atoms with E-state index in [0.29, 0.717) is 6.42 Å². The molecule has 10 heavy (non-hydrogen) atoms. The van der Waals surface area contributed by atoms with E-state index in [4.69, 9.17) is 0 Å². The van der Waals surface area contributed by atoms with Crippen LogP contribution in [0, 0.1) is 0 Å². The van der Waals surface area contributed by atoms with Gasteiger partial charge in [-0.3, -0.25) is 0 Å². The molecule has 0 aliphatic heterocycles. The van der Waals surface area contributed by atoms with E-state index in [2.05, 4.69) is 6.07 Å². The number of thiophene rings is 1. The highest BCUT2D eigenvalue weighted by Crippen LogP contribution is 2.10. The van der Waals surface area contributed by atoms with Crippen molar-refractivity contribution in [1.29, 1.82) is 0 Å². The summed E-state index contributed by atoms with van der Waals surface area (Å²) in [7, 11) is 1.63. The Bertz CT molecular complexity index is 205. The minimum Gasteiger partial charge on any atom is -0.312 e. The molecule has 52 valence electrons. The molecule has 0 unspecified atom stereocenters. The Morgan fingerprint density at radius 3 is 3.00 bits per heavy atom. The summed E-state index contributed by atoms with van der Waals surface area (Å²) in [5.74, 6) is 0. The van der Waals surface area contributed by atoms with Gasteiger partial charge in [0.2, 0.25) is 0 Å². The van der Waals surface area contributed by atoms with E-state index in [1.807, 2.05) is 11.4 Å². The van der Waals surface area contributed by atoms with Crippen LogP contribution in [0.5, 0.6) is 0 Å². The van der Waals surface area contributed by atoms with Crippen molar-refractivity contribution >= 4 is 24.9 Å². The van der Waals surface area contributed by atoms with Crippen molar-refractivity contribution in [2.45, 2.75) is 12.8 Å². The first-order valence-electron chi connectivity index (χ1n) is 3.31. The van der Waals surface area contributed by atoms with Crippen LogP contribution in [-0.4, -0.2) is 13.5 Å². The maximum atomic E-state index is 10.5. The molecule has 0 amide bonds. The van der Waals surface area contributed by atoms with E-state index in [0.717, 1.165) is 6.42 Å². The predicted octanol–water partition coefficient (Wildman–Crippen LogP) is 0.840. The average Bonchev–Trinajstić information content (AvgIpc) is 2.34. The fourth-order valence-corrected chi connectivity index (χ4v) is 1.46. The van der Waals surface area contributed by atoms with Crippen molar-refractivity contribution in [3.05, 3.63) is 22.4 Å². The summed E-state index contributed by atoms with van der Waals surface area (Å²) >= 11 is 1.71. The van der Waals surface area contributed by atoms with Crippen LogP contribution in [0.1, 0.15) is 11.3 Å². The number of rotatable bonds is 3. The van der Waals surface area contributed by atoms with Gasteiger partial charge in [0.25, 0.3) is 0 Å². The second-order valence-electron chi connectivity index (χ2n) is 2.28. The monoisotopic (exact) mass is 152 g/mol. The topological polar surface area (TPSA) is 17.1 Å². The van der Waals surface area contributed by atoms with Crippen molar-refractivity contribution in [3.8, 4) is 0 Å². The van der Waals surface area contributed by atoms with E-state index in [1.54, 1.807) is 19.2 Å². The molecule has 0 spiro atoms. The third-order valence-corrected chi connectivity index (χ3v) is 2.24. The zero-order chi connectivity index (χ0) is 7.40. The van der Waals surface area contributed by atoms with Crippen molar-refractivity contribution < 1.29 is 4.79 Å². The zero-order valence-electron chi connectivity index (χ0n) is 5.96. The number of aryl methyl sites for hydroxylation is 1. The molecule has 0 aliphatic carbocycles. The van der Waals surface area contributed by atoms with Crippen LogP contribution in [0.25, 0.3) is 0 Å². The molecule has 1 heterocycles. The highest BCUT2D eigenvalue weighted by atomic mass is 32.1. The summed E-state index contributed by atoms with van der Waals surface area (Å²) in [6, 6.07) is 4.08. The number of carbonyl (C=O) groups is 1. The SMILES string of the molecule is BC(=O)CCc1cccs1. The van der Waals surface area contributed by atoms with Crippen molar-refractivity contribution in [2.75, 3.05) is 0 Å². The largest absolute Gasteiger partial charge is 0.312 e. The number of hydrogen-bond donors (Lipinski definition) is 0. The quantitative estimate of drug-likeness (QED) is 0.586. The Kier molecular flexibility index (Phi) is 2.69. The molecule has 0 aromatic carbocycles. The van der Waals surface area contributed by atoms with Crippen LogP contribution in [0.4, 0.5) is 0 Å². The summed E-state index contributed by atoms with van der Waals surface area (Å²) in [5.41, 5.74) is 0.272. The molecule has 0 radical (unpaired) electrons. The van der Waals surface area contributed by atoms with Gasteiger partial charge in [0.05, 0.1) is 5.68 Å². The molecule has 0 fully saturated rings.